The maximum atomic E-state index is 12.8. The minimum atomic E-state index is -0.929. The number of hydrogen-bond donors (Lipinski definition) is 1. The van der Waals surface area contributed by atoms with Crippen molar-refractivity contribution < 1.29 is 9.50 Å². The van der Waals surface area contributed by atoms with Crippen LogP contribution in [0, 0.1) is 11.8 Å². The molecule has 0 aromatic heterocycles. The van der Waals surface area contributed by atoms with E-state index in [0.29, 0.717) is 24.7 Å². The molecule has 10 heavy (non-hydrogen) atoms. The molecule has 0 amide bonds. The summed E-state index contributed by atoms with van der Waals surface area (Å²) in [6, 6.07) is 0. The minimum absolute atomic E-state index is 0.610. The van der Waals surface area contributed by atoms with Crippen molar-refractivity contribution in [1.82, 2.24) is 0 Å². The first kappa shape index (κ1) is 6.59. The van der Waals surface area contributed by atoms with Gasteiger partial charge >= 0.3 is 0 Å². The van der Waals surface area contributed by atoms with Crippen molar-refractivity contribution in [2.24, 2.45) is 11.8 Å². The van der Waals surface area contributed by atoms with E-state index in [9.17, 15) is 4.39 Å². The molecule has 2 aliphatic rings. The lowest BCUT2D eigenvalue weighted by atomic mass is 9.64. The Morgan fingerprint density at radius 2 is 1.70 bits per heavy atom. The number of aliphatic hydroxyl groups excluding tert-OH is 1. The molecule has 1 N–H and O–H groups in total. The maximum Gasteiger partial charge on any atom is 0.126 e. The van der Waals surface area contributed by atoms with Gasteiger partial charge in [0.25, 0.3) is 0 Å². The molecule has 0 saturated heterocycles. The Labute approximate surface area is 60.2 Å². The average Bonchev–Trinajstić information content (AvgIpc) is 1.89. The Balaban J connectivity index is 1.96. The van der Waals surface area contributed by atoms with Crippen LogP contribution in [0.3, 0.4) is 0 Å². The molecule has 58 valence electrons. The van der Waals surface area contributed by atoms with Gasteiger partial charge in [0.05, 0.1) is 6.10 Å². The van der Waals surface area contributed by atoms with Crippen molar-refractivity contribution in [1.29, 1.82) is 0 Å². The zero-order chi connectivity index (χ0) is 7.14. The van der Waals surface area contributed by atoms with E-state index < -0.39 is 12.3 Å². The quantitative estimate of drug-likeness (QED) is 0.546. The molecule has 0 spiro atoms. The molecule has 2 saturated carbocycles. The fourth-order valence-electron chi connectivity index (χ4n) is 2.16. The fraction of sp³-hybridized carbons (Fsp3) is 1.00. The van der Waals surface area contributed by atoms with Crippen molar-refractivity contribution in [2.45, 2.75) is 38.0 Å². The Hall–Kier alpha value is -0.110. The highest BCUT2D eigenvalue weighted by Crippen LogP contribution is 2.45. The predicted molar refractivity (Wildman–Crippen MR) is 36.4 cm³/mol. The largest absolute Gasteiger partial charge is 0.390 e. The van der Waals surface area contributed by atoms with E-state index in [4.69, 9.17) is 5.11 Å². The van der Waals surface area contributed by atoms with Gasteiger partial charge in [-0.2, -0.15) is 0 Å². The van der Waals surface area contributed by atoms with Gasteiger partial charge in [-0.25, -0.2) is 4.39 Å². The SMILES string of the molecule is O[C@H]1CC2CCC2C[C@H]1F. The summed E-state index contributed by atoms with van der Waals surface area (Å²) in [5.74, 6) is 1.26. The molecule has 2 fully saturated rings. The standard InChI is InChI=1S/C8H13FO/c9-7-3-5-1-2-6(5)4-8(7)10/h5-8,10H,1-4H2/t5?,6?,7-,8+/m1/s1. The van der Waals surface area contributed by atoms with Gasteiger partial charge in [0.15, 0.2) is 0 Å². The zero-order valence-corrected chi connectivity index (χ0v) is 5.96. The molecule has 0 aromatic carbocycles. The van der Waals surface area contributed by atoms with E-state index in [2.05, 4.69) is 0 Å². The third kappa shape index (κ3) is 0.858. The van der Waals surface area contributed by atoms with Crippen LogP contribution in [-0.2, 0) is 0 Å². The Kier molecular flexibility index (Phi) is 1.44. The van der Waals surface area contributed by atoms with Gasteiger partial charge in [0.2, 0.25) is 0 Å². The van der Waals surface area contributed by atoms with Gasteiger partial charge in [-0.3, -0.25) is 0 Å². The number of hydrogen-bond acceptors (Lipinski definition) is 1. The molecular formula is C8H13FO. The van der Waals surface area contributed by atoms with Crippen LogP contribution in [0.25, 0.3) is 0 Å². The number of halogens is 1. The van der Waals surface area contributed by atoms with Crippen LogP contribution in [0.15, 0.2) is 0 Å². The monoisotopic (exact) mass is 144 g/mol. The molecule has 2 aliphatic carbocycles. The van der Waals surface area contributed by atoms with Crippen LogP contribution < -0.4 is 0 Å². The Morgan fingerprint density at radius 3 is 2.20 bits per heavy atom. The molecule has 2 unspecified atom stereocenters. The number of alkyl halides is 1. The first-order valence-electron chi connectivity index (χ1n) is 4.09. The van der Waals surface area contributed by atoms with Crippen LogP contribution in [0.5, 0.6) is 0 Å². The summed E-state index contributed by atoms with van der Waals surface area (Å²) in [7, 11) is 0. The molecule has 2 rings (SSSR count). The van der Waals surface area contributed by atoms with Gasteiger partial charge in [-0.05, 0) is 37.5 Å². The second kappa shape index (κ2) is 2.19. The molecule has 0 radical (unpaired) electrons. The Morgan fingerprint density at radius 1 is 1.10 bits per heavy atom. The first-order chi connectivity index (χ1) is 4.77. The number of aliphatic hydroxyl groups is 1. The second-order valence-electron chi connectivity index (χ2n) is 3.65. The average molecular weight is 144 g/mol. The van der Waals surface area contributed by atoms with Gasteiger partial charge in [-0.1, -0.05) is 0 Å². The van der Waals surface area contributed by atoms with Gasteiger partial charge in [0.1, 0.15) is 6.17 Å². The Bertz CT molecular complexity index is 117. The summed E-state index contributed by atoms with van der Waals surface area (Å²) in [4.78, 5) is 0. The highest BCUT2D eigenvalue weighted by molar-refractivity contribution is 4.91. The van der Waals surface area contributed by atoms with Crippen LogP contribution in [0.1, 0.15) is 25.7 Å². The van der Waals surface area contributed by atoms with Crippen molar-refractivity contribution in [3.63, 3.8) is 0 Å². The highest BCUT2D eigenvalue weighted by Gasteiger charge is 2.41. The smallest absolute Gasteiger partial charge is 0.126 e. The third-order valence-corrected chi connectivity index (χ3v) is 3.06. The normalized spacial score (nSPS) is 53.4. The van der Waals surface area contributed by atoms with Crippen LogP contribution in [0.2, 0.25) is 0 Å². The third-order valence-electron chi connectivity index (χ3n) is 3.06. The van der Waals surface area contributed by atoms with Crippen LogP contribution in [-0.4, -0.2) is 17.4 Å². The molecule has 0 aromatic rings. The van der Waals surface area contributed by atoms with Crippen LogP contribution in [0.4, 0.5) is 4.39 Å². The van der Waals surface area contributed by atoms with E-state index in [0.717, 1.165) is 0 Å². The molecule has 2 heteroatoms. The molecule has 4 atom stereocenters. The van der Waals surface area contributed by atoms with Crippen molar-refractivity contribution >= 4 is 0 Å². The summed E-state index contributed by atoms with van der Waals surface area (Å²) in [6.07, 6.45) is 2.16. The highest BCUT2D eigenvalue weighted by atomic mass is 19.1. The minimum Gasteiger partial charge on any atom is -0.390 e. The van der Waals surface area contributed by atoms with Gasteiger partial charge in [-0.15, -0.1) is 0 Å². The van der Waals surface area contributed by atoms with Crippen LogP contribution >= 0.6 is 0 Å². The summed E-state index contributed by atoms with van der Waals surface area (Å²) >= 11 is 0. The van der Waals surface area contributed by atoms with E-state index in [-0.39, 0.29) is 0 Å². The maximum absolute atomic E-state index is 12.8. The van der Waals surface area contributed by atoms with E-state index in [1.54, 1.807) is 0 Å². The first-order valence-corrected chi connectivity index (χ1v) is 4.09. The van der Waals surface area contributed by atoms with E-state index in [1.165, 1.54) is 12.8 Å². The lowest BCUT2D eigenvalue weighted by Gasteiger charge is -2.43. The fourth-order valence-corrected chi connectivity index (χ4v) is 2.16. The molecule has 1 nitrogen and oxygen atoms in total. The molecule has 0 aliphatic heterocycles. The topological polar surface area (TPSA) is 20.2 Å². The summed E-state index contributed by atoms with van der Waals surface area (Å²) in [5, 5.41) is 9.12. The summed E-state index contributed by atoms with van der Waals surface area (Å²) < 4.78 is 12.8. The van der Waals surface area contributed by atoms with Gasteiger partial charge < -0.3 is 5.11 Å². The van der Waals surface area contributed by atoms with Crippen molar-refractivity contribution in [3.05, 3.63) is 0 Å². The molecule has 0 heterocycles. The van der Waals surface area contributed by atoms with Crippen molar-refractivity contribution in [3.8, 4) is 0 Å². The lowest BCUT2D eigenvalue weighted by Crippen LogP contribution is -2.41. The second-order valence-corrected chi connectivity index (χ2v) is 3.65. The molecule has 0 bridgehead atoms. The summed E-state index contributed by atoms with van der Waals surface area (Å²) in [6.45, 7) is 0. The predicted octanol–water partition coefficient (Wildman–Crippen LogP) is 1.51. The van der Waals surface area contributed by atoms with E-state index in [1.807, 2.05) is 0 Å². The molecular weight excluding hydrogens is 131 g/mol. The van der Waals surface area contributed by atoms with E-state index >= 15 is 0 Å². The number of fused-ring (bicyclic) bond motifs is 1. The lowest BCUT2D eigenvalue weighted by molar-refractivity contribution is -0.0398. The number of rotatable bonds is 0. The summed E-state index contributed by atoms with van der Waals surface area (Å²) in [5.41, 5.74) is 0. The van der Waals surface area contributed by atoms with Gasteiger partial charge in [0, 0.05) is 0 Å². The van der Waals surface area contributed by atoms with Crippen molar-refractivity contribution in [2.75, 3.05) is 0 Å². The zero-order valence-electron chi connectivity index (χ0n) is 5.96.